The van der Waals surface area contributed by atoms with Crippen molar-refractivity contribution in [1.29, 1.82) is 0 Å². The third kappa shape index (κ3) is 2.83. The Kier molecular flexibility index (Phi) is 4.48. The molecule has 1 unspecified atom stereocenters. The molecule has 0 radical (unpaired) electrons. The van der Waals surface area contributed by atoms with Gasteiger partial charge in [0.2, 0.25) is 0 Å². The molecule has 3 rings (SSSR count). The third-order valence-electron chi connectivity index (χ3n) is 4.17. The molecule has 3 aromatic rings. The van der Waals surface area contributed by atoms with E-state index in [-0.39, 0.29) is 12.5 Å². The fraction of sp³-hybridized carbons (Fsp3) is 0.222. The van der Waals surface area contributed by atoms with Crippen LogP contribution in [0.15, 0.2) is 48.7 Å². The number of nitrogens with one attached hydrogen (secondary N) is 1. The molecule has 1 atom stereocenters. The van der Waals surface area contributed by atoms with E-state index in [1.807, 2.05) is 36.4 Å². The summed E-state index contributed by atoms with van der Waals surface area (Å²) in [5.74, 6) is 0.548. The number of rotatable bonds is 5. The molecule has 0 bridgehead atoms. The van der Waals surface area contributed by atoms with E-state index in [0.29, 0.717) is 11.1 Å². The van der Waals surface area contributed by atoms with Crippen LogP contribution in [-0.4, -0.2) is 46.9 Å². The first kappa shape index (κ1) is 16.0. The summed E-state index contributed by atoms with van der Waals surface area (Å²) in [7, 11) is 3.28. The number of aromatic amines is 1. The van der Waals surface area contributed by atoms with Crippen LogP contribution in [0.1, 0.15) is 22.0 Å². The number of hydrogen-bond acceptors (Lipinski definition) is 4. The maximum absolute atomic E-state index is 12.9. The molecule has 0 fully saturated rings. The van der Waals surface area contributed by atoms with Crippen molar-refractivity contribution in [1.82, 2.24) is 15.1 Å². The van der Waals surface area contributed by atoms with Crippen molar-refractivity contribution >= 4 is 16.8 Å². The molecule has 0 saturated carbocycles. The second-order valence-corrected chi connectivity index (χ2v) is 5.53. The smallest absolute Gasteiger partial charge is 0.256 e. The summed E-state index contributed by atoms with van der Waals surface area (Å²) in [6, 6.07) is 12.3. The highest BCUT2D eigenvalue weighted by Crippen LogP contribution is 2.25. The topological polar surface area (TPSA) is 78.5 Å². The summed E-state index contributed by atoms with van der Waals surface area (Å²) in [5, 5.41) is 17.5. The van der Waals surface area contributed by atoms with Gasteiger partial charge in [0.1, 0.15) is 5.75 Å². The number of ether oxygens (including phenoxy) is 1. The number of aromatic nitrogens is 2. The number of amides is 1. The van der Waals surface area contributed by atoms with Gasteiger partial charge in [-0.2, -0.15) is 5.10 Å². The Hall–Kier alpha value is -2.86. The molecule has 0 aliphatic rings. The van der Waals surface area contributed by atoms with Crippen LogP contribution in [0.2, 0.25) is 0 Å². The number of hydrogen-bond donors (Lipinski definition) is 2. The van der Waals surface area contributed by atoms with E-state index in [4.69, 9.17) is 4.74 Å². The lowest BCUT2D eigenvalue weighted by Crippen LogP contribution is -2.33. The molecule has 124 valence electrons. The Morgan fingerprint density at radius 1 is 1.29 bits per heavy atom. The number of para-hydroxylation sites is 1. The number of likely N-dealkylation sites (N-methyl/N-ethyl adjacent to an activating group) is 1. The van der Waals surface area contributed by atoms with Crippen LogP contribution < -0.4 is 4.74 Å². The molecule has 6 heteroatoms. The standard InChI is InChI=1S/C18H19N3O3/c1-21(16(11-22)12-6-8-14(24-2)9-7-12)18(23)15-5-3-4-13-10-19-20-17(13)15/h3-10,16,22H,11H2,1-2H3,(H,19,20). The molecule has 2 aromatic carbocycles. The largest absolute Gasteiger partial charge is 0.497 e. The molecule has 2 N–H and O–H groups in total. The number of benzene rings is 2. The highest BCUT2D eigenvalue weighted by Gasteiger charge is 2.24. The second kappa shape index (κ2) is 6.72. The van der Waals surface area contributed by atoms with Gasteiger partial charge < -0.3 is 14.7 Å². The van der Waals surface area contributed by atoms with Crippen molar-refractivity contribution in [3.05, 3.63) is 59.8 Å². The highest BCUT2D eigenvalue weighted by atomic mass is 16.5. The number of carbonyl (C=O) groups excluding carboxylic acids is 1. The summed E-state index contributed by atoms with van der Waals surface area (Å²) < 4.78 is 5.15. The molecule has 1 amide bonds. The summed E-state index contributed by atoms with van der Waals surface area (Å²) >= 11 is 0. The molecule has 6 nitrogen and oxygen atoms in total. The van der Waals surface area contributed by atoms with Gasteiger partial charge in [0.15, 0.2) is 0 Å². The lowest BCUT2D eigenvalue weighted by Gasteiger charge is -2.27. The number of fused-ring (bicyclic) bond motifs is 1. The van der Waals surface area contributed by atoms with Crippen molar-refractivity contribution in [2.75, 3.05) is 20.8 Å². The summed E-state index contributed by atoms with van der Waals surface area (Å²) in [6.45, 7) is -0.173. The predicted molar refractivity (Wildman–Crippen MR) is 91.0 cm³/mol. The van der Waals surface area contributed by atoms with Gasteiger partial charge in [-0.15, -0.1) is 0 Å². The first-order valence-electron chi connectivity index (χ1n) is 7.59. The van der Waals surface area contributed by atoms with Crippen molar-refractivity contribution in [3.63, 3.8) is 0 Å². The average molecular weight is 325 g/mol. The van der Waals surface area contributed by atoms with Crippen molar-refractivity contribution < 1.29 is 14.6 Å². The Bertz CT molecular complexity index is 842. The normalized spacial score (nSPS) is 12.1. The zero-order valence-electron chi connectivity index (χ0n) is 13.6. The van der Waals surface area contributed by atoms with Crippen LogP contribution in [0.3, 0.4) is 0 Å². The van der Waals surface area contributed by atoms with Gasteiger partial charge in [-0.1, -0.05) is 24.3 Å². The van der Waals surface area contributed by atoms with E-state index in [2.05, 4.69) is 10.2 Å². The molecular formula is C18H19N3O3. The number of carbonyl (C=O) groups is 1. The fourth-order valence-electron chi connectivity index (χ4n) is 2.76. The van der Waals surface area contributed by atoms with E-state index in [1.165, 1.54) is 4.90 Å². The van der Waals surface area contributed by atoms with Crippen LogP contribution in [0, 0.1) is 0 Å². The molecule has 0 aliphatic heterocycles. The van der Waals surface area contributed by atoms with Gasteiger partial charge in [-0.25, -0.2) is 0 Å². The molecule has 24 heavy (non-hydrogen) atoms. The van der Waals surface area contributed by atoms with Crippen molar-refractivity contribution in [3.8, 4) is 5.75 Å². The van der Waals surface area contributed by atoms with Crippen LogP contribution in [0.5, 0.6) is 5.75 Å². The lowest BCUT2D eigenvalue weighted by molar-refractivity contribution is 0.0660. The number of aliphatic hydroxyl groups is 1. The van der Waals surface area contributed by atoms with Crippen molar-refractivity contribution in [2.45, 2.75) is 6.04 Å². The maximum atomic E-state index is 12.9. The zero-order valence-corrected chi connectivity index (χ0v) is 13.6. The zero-order chi connectivity index (χ0) is 17.1. The first-order valence-corrected chi connectivity index (χ1v) is 7.59. The lowest BCUT2D eigenvalue weighted by atomic mass is 10.0. The SMILES string of the molecule is COc1ccc(C(CO)N(C)C(=O)c2cccc3cn[nH]c23)cc1. The summed E-state index contributed by atoms with van der Waals surface area (Å²) in [6.07, 6.45) is 1.68. The van der Waals surface area contributed by atoms with Crippen LogP contribution in [0.25, 0.3) is 10.9 Å². The maximum Gasteiger partial charge on any atom is 0.256 e. The van der Waals surface area contributed by atoms with Crippen molar-refractivity contribution in [2.24, 2.45) is 0 Å². The Morgan fingerprint density at radius 3 is 2.71 bits per heavy atom. The van der Waals surface area contributed by atoms with E-state index >= 15 is 0 Å². The van der Waals surface area contributed by atoms with Gasteiger partial charge in [-0.3, -0.25) is 9.89 Å². The molecule has 1 heterocycles. The van der Waals surface area contributed by atoms with E-state index < -0.39 is 6.04 Å². The Labute approximate surface area is 139 Å². The minimum atomic E-state index is -0.443. The molecular weight excluding hydrogens is 306 g/mol. The Morgan fingerprint density at radius 2 is 2.04 bits per heavy atom. The number of aliphatic hydroxyl groups excluding tert-OH is 1. The van der Waals surface area contributed by atoms with Crippen LogP contribution in [-0.2, 0) is 0 Å². The van der Waals surface area contributed by atoms with Gasteiger partial charge in [0, 0.05) is 12.4 Å². The molecule has 0 spiro atoms. The van der Waals surface area contributed by atoms with Crippen LogP contribution in [0.4, 0.5) is 0 Å². The predicted octanol–water partition coefficient (Wildman–Crippen LogP) is 2.38. The summed E-state index contributed by atoms with van der Waals surface area (Å²) in [4.78, 5) is 14.4. The monoisotopic (exact) mass is 325 g/mol. The number of nitrogens with zero attached hydrogens (tertiary/aromatic N) is 2. The van der Waals surface area contributed by atoms with Crippen LogP contribution >= 0.6 is 0 Å². The number of methoxy groups -OCH3 is 1. The van der Waals surface area contributed by atoms with Gasteiger partial charge >= 0.3 is 0 Å². The van der Waals surface area contributed by atoms with E-state index in [0.717, 1.165) is 16.7 Å². The first-order chi connectivity index (χ1) is 11.7. The Balaban J connectivity index is 1.91. The van der Waals surface area contributed by atoms with E-state index in [1.54, 1.807) is 26.4 Å². The second-order valence-electron chi connectivity index (χ2n) is 5.53. The minimum absolute atomic E-state index is 0.173. The quantitative estimate of drug-likeness (QED) is 0.755. The number of H-pyrrole nitrogens is 1. The third-order valence-corrected chi connectivity index (χ3v) is 4.17. The van der Waals surface area contributed by atoms with Gasteiger partial charge in [0.25, 0.3) is 5.91 Å². The van der Waals surface area contributed by atoms with Gasteiger partial charge in [0.05, 0.1) is 37.0 Å². The average Bonchev–Trinajstić information content (AvgIpc) is 3.11. The summed E-state index contributed by atoms with van der Waals surface area (Å²) in [5.41, 5.74) is 2.06. The highest BCUT2D eigenvalue weighted by molar-refractivity contribution is 6.05. The molecule has 1 aromatic heterocycles. The fourth-order valence-corrected chi connectivity index (χ4v) is 2.76. The van der Waals surface area contributed by atoms with Gasteiger partial charge in [-0.05, 0) is 23.8 Å². The minimum Gasteiger partial charge on any atom is -0.497 e. The molecule has 0 saturated heterocycles. The van der Waals surface area contributed by atoms with E-state index in [9.17, 15) is 9.90 Å². The molecule has 0 aliphatic carbocycles.